The summed E-state index contributed by atoms with van der Waals surface area (Å²) in [6.45, 7) is 1.70. The topological polar surface area (TPSA) is 34.1 Å². The minimum Gasteiger partial charge on any atom is -0.299 e. The van der Waals surface area contributed by atoms with Crippen LogP contribution in [0.15, 0.2) is 48.5 Å². The van der Waals surface area contributed by atoms with Crippen LogP contribution in [0.3, 0.4) is 0 Å². The van der Waals surface area contributed by atoms with E-state index in [0.717, 1.165) is 12.1 Å². The van der Waals surface area contributed by atoms with Gasteiger partial charge in [0.25, 0.3) is 0 Å². The van der Waals surface area contributed by atoms with Crippen molar-refractivity contribution < 1.29 is 22.8 Å². The molecule has 0 atom stereocenters. The largest absolute Gasteiger partial charge is 0.416 e. The Morgan fingerprint density at radius 2 is 1.35 bits per heavy atom. The molecule has 0 N–H and O–H groups in total. The highest BCUT2D eigenvalue weighted by Gasteiger charge is 2.29. The van der Waals surface area contributed by atoms with Crippen molar-refractivity contribution >= 4 is 11.6 Å². The highest BCUT2D eigenvalue weighted by molar-refractivity contribution is 6.08. The molecule has 0 aliphatic carbocycles. The first-order chi connectivity index (χ1) is 10.8. The Balaban J connectivity index is 2.16. The van der Waals surface area contributed by atoms with Gasteiger partial charge in [0.1, 0.15) is 5.78 Å². The summed E-state index contributed by atoms with van der Waals surface area (Å²) in [5, 5.41) is 0. The lowest BCUT2D eigenvalue weighted by Crippen LogP contribution is -2.06. The van der Waals surface area contributed by atoms with Gasteiger partial charge in [-0.2, -0.15) is 13.2 Å². The Morgan fingerprint density at radius 3 is 1.78 bits per heavy atom. The smallest absolute Gasteiger partial charge is 0.299 e. The molecule has 0 aliphatic heterocycles. The lowest BCUT2D eigenvalue weighted by atomic mass is 9.99. The van der Waals surface area contributed by atoms with Crippen molar-refractivity contribution in [2.75, 3.05) is 0 Å². The van der Waals surface area contributed by atoms with Gasteiger partial charge in [-0.05, 0) is 23.3 Å². The third kappa shape index (κ3) is 4.28. The fourth-order valence-corrected chi connectivity index (χ4v) is 2.11. The average Bonchev–Trinajstić information content (AvgIpc) is 2.54. The van der Waals surface area contributed by atoms with Crippen LogP contribution >= 0.6 is 0 Å². The minimum absolute atomic E-state index is 0.123. The molecule has 0 radical (unpaired) electrons. The van der Waals surface area contributed by atoms with E-state index in [0.29, 0.717) is 23.1 Å². The van der Waals surface area contributed by atoms with Gasteiger partial charge in [-0.15, -0.1) is 0 Å². The van der Waals surface area contributed by atoms with Gasteiger partial charge in [0, 0.05) is 12.0 Å². The summed E-state index contributed by atoms with van der Waals surface area (Å²) < 4.78 is 37.6. The molecule has 2 nitrogen and oxygen atoms in total. The highest BCUT2D eigenvalue weighted by Crippen LogP contribution is 2.31. The molecule has 0 aliphatic rings. The van der Waals surface area contributed by atoms with E-state index in [1.165, 1.54) is 12.1 Å². The molecule has 0 fully saturated rings. The molecule has 2 rings (SSSR count). The third-order valence-corrected chi connectivity index (χ3v) is 3.50. The van der Waals surface area contributed by atoms with Crippen molar-refractivity contribution in [2.45, 2.75) is 25.9 Å². The molecule has 2 aromatic carbocycles. The van der Waals surface area contributed by atoms with Crippen LogP contribution in [0.2, 0.25) is 0 Å². The quantitative estimate of drug-likeness (QED) is 0.578. The molecule has 0 spiro atoms. The van der Waals surface area contributed by atoms with E-state index in [4.69, 9.17) is 0 Å². The Hall–Kier alpha value is -2.43. The minimum atomic E-state index is -4.36. The highest BCUT2D eigenvalue weighted by atomic mass is 19.4. The number of benzene rings is 2. The second-order valence-electron chi connectivity index (χ2n) is 5.14. The Bertz CT molecular complexity index is 699. The third-order valence-electron chi connectivity index (χ3n) is 3.50. The number of halogens is 3. The molecule has 5 heteroatoms. The molecular formula is C18H15F3O2. The van der Waals surface area contributed by atoms with Crippen LogP contribution in [0.25, 0.3) is 11.1 Å². The predicted molar refractivity (Wildman–Crippen MR) is 81.1 cm³/mol. The lowest BCUT2D eigenvalue weighted by Gasteiger charge is -2.08. The van der Waals surface area contributed by atoms with Crippen LogP contribution in [-0.4, -0.2) is 11.6 Å². The zero-order valence-electron chi connectivity index (χ0n) is 12.5. The molecule has 2 aromatic rings. The monoisotopic (exact) mass is 320 g/mol. The van der Waals surface area contributed by atoms with Crippen LogP contribution in [0.5, 0.6) is 0 Å². The van der Waals surface area contributed by atoms with Crippen molar-refractivity contribution in [3.05, 3.63) is 59.7 Å². The van der Waals surface area contributed by atoms with Crippen molar-refractivity contribution in [3.8, 4) is 11.1 Å². The molecule has 0 unspecified atom stereocenters. The number of ketones is 2. The van der Waals surface area contributed by atoms with Crippen molar-refractivity contribution in [1.29, 1.82) is 0 Å². The maximum Gasteiger partial charge on any atom is 0.416 e. The Labute approximate surface area is 131 Å². The normalized spacial score (nSPS) is 11.3. The fourth-order valence-electron chi connectivity index (χ4n) is 2.11. The molecular weight excluding hydrogens is 305 g/mol. The van der Waals surface area contributed by atoms with Crippen LogP contribution in [0, 0.1) is 0 Å². The summed E-state index contributed by atoms with van der Waals surface area (Å²) in [5.74, 6) is -0.377. The first kappa shape index (κ1) is 16.9. The van der Waals surface area contributed by atoms with E-state index >= 15 is 0 Å². The zero-order valence-corrected chi connectivity index (χ0v) is 12.5. The van der Waals surface area contributed by atoms with Gasteiger partial charge in [0.05, 0.1) is 12.0 Å². The van der Waals surface area contributed by atoms with E-state index in [9.17, 15) is 22.8 Å². The SMILES string of the molecule is CCC(=O)CC(=O)c1ccc(-c2ccc(C(F)(F)F)cc2)cc1. The average molecular weight is 320 g/mol. The molecule has 120 valence electrons. The van der Waals surface area contributed by atoms with Crippen LogP contribution in [-0.2, 0) is 11.0 Å². The second-order valence-corrected chi connectivity index (χ2v) is 5.14. The zero-order chi connectivity index (χ0) is 17.0. The van der Waals surface area contributed by atoms with E-state index in [-0.39, 0.29) is 18.0 Å². The van der Waals surface area contributed by atoms with Gasteiger partial charge < -0.3 is 0 Å². The van der Waals surface area contributed by atoms with E-state index < -0.39 is 11.7 Å². The number of hydrogen-bond acceptors (Lipinski definition) is 2. The summed E-state index contributed by atoms with van der Waals surface area (Å²) in [4.78, 5) is 23.2. The summed E-state index contributed by atoms with van der Waals surface area (Å²) in [7, 11) is 0. The number of hydrogen-bond donors (Lipinski definition) is 0. The fraction of sp³-hybridized carbons (Fsp3) is 0.222. The van der Waals surface area contributed by atoms with Crippen LogP contribution in [0.1, 0.15) is 35.7 Å². The molecule has 0 bridgehead atoms. The molecule has 0 amide bonds. The maximum absolute atomic E-state index is 12.5. The molecule has 0 heterocycles. The van der Waals surface area contributed by atoms with E-state index in [2.05, 4.69) is 0 Å². The van der Waals surface area contributed by atoms with E-state index in [1.54, 1.807) is 31.2 Å². The van der Waals surface area contributed by atoms with Crippen LogP contribution in [0.4, 0.5) is 13.2 Å². The van der Waals surface area contributed by atoms with Gasteiger partial charge in [-0.25, -0.2) is 0 Å². The van der Waals surface area contributed by atoms with Gasteiger partial charge in [0.2, 0.25) is 0 Å². The number of rotatable bonds is 5. The number of carbonyl (C=O) groups is 2. The summed E-state index contributed by atoms with van der Waals surface area (Å²) in [5.41, 5.74) is 1.05. The Morgan fingerprint density at radius 1 is 0.870 bits per heavy atom. The van der Waals surface area contributed by atoms with Crippen LogP contribution < -0.4 is 0 Å². The van der Waals surface area contributed by atoms with Gasteiger partial charge in [-0.1, -0.05) is 43.3 Å². The molecule has 0 aromatic heterocycles. The van der Waals surface area contributed by atoms with Gasteiger partial charge in [0.15, 0.2) is 5.78 Å². The van der Waals surface area contributed by atoms with Gasteiger partial charge in [-0.3, -0.25) is 9.59 Å². The second kappa shape index (κ2) is 6.77. The van der Waals surface area contributed by atoms with Crippen molar-refractivity contribution in [2.24, 2.45) is 0 Å². The number of alkyl halides is 3. The summed E-state index contributed by atoms with van der Waals surface area (Å²) in [6.07, 6.45) is -4.17. The van der Waals surface area contributed by atoms with Gasteiger partial charge >= 0.3 is 6.18 Å². The van der Waals surface area contributed by atoms with E-state index in [1.807, 2.05) is 0 Å². The maximum atomic E-state index is 12.5. The molecule has 0 saturated heterocycles. The van der Waals surface area contributed by atoms with Crippen molar-refractivity contribution in [1.82, 2.24) is 0 Å². The summed E-state index contributed by atoms with van der Waals surface area (Å²) >= 11 is 0. The molecule has 0 saturated carbocycles. The number of carbonyl (C=O) groups excluding carboxylic acids is 2. The predicted octanol–water partition coefficient (Wildman–Crippen LogP) is 4.92. The Kier molecular flexibility index (Phi) is 4.98. The first-order valence-corrected chi connectivity index (χ1v) is 7.14. The lowest BCUT2D eigenvalue weighted by molar-refractivity contribution is -0.137. The van der Waals surface area contributed by atoms with Crippen molar-refractivity contribution in [3.63, 3.8) is 0 Å². The molecule has 23 heavy (non-hydrogen) atoms. The first-order valence-electron chi connectivity index (χ1n) is 7.14. The number of Topliss-reactive ketones (excluding diaryl/α,β-unsaturated/α-hetero) is 2. The summed E-state index contributed by atoms with van der Waals surface area (Å²) in [6, 6.07) is 11.3. The standard InChI is InChI=1S/C18H15F3O2/c1-2-16(22)11-17(23)14-5-3-12(4-6-14)13-7-9-15(10-8-13)18(19,20)21/h3-10H,2,11H2,1H3.